The van der Waals surface area contributed by atoms with E-state index in [1.165, 1.54) is 23.9 Å². The van der Waals surface area contributed by atoms with Crippen molar-refractivity contribution in [3.05, 3.63) is 0 Å². The van der Waals surface area contributed by atoms with Gasteiger partial charge in [0, 0.05) is 14.1 Å². The van der Waals surface area contributed by atoms with Crippen LogP contribution in [0.3, 0.4) is 0 Å². The standard InChI is InChI=1S/C14H24N4O4/c1-9(2)5-10-14(22)18(4)8-13(21)17(3)7-12(20)15-6-11(19)16-10/h9-10H,5-8H2,1-4H3,(H,15,20)(H,16,19)/t10-/m0/s1. The van der Waals surface area contributed by atoms with E-state index in [1.54, 1.807) is 0 Å². The summed E-state index contributed by atoms with van der Waals surface area (Å²) in [5.41, 5.74) is 0. The molecule has 1 aliphatic heterocycles. The van der Waals surface area contributed by atoms with Gasteiger partial charge in [-0.25, -0.2) is 0 Å². The average molecular weight is 312 g/mol. The van der Waals surface area contributed by atoms with Crippen LogP contribution >= 0.6 is 0 Å². The molecule has 1 atom stereocenters. The number of likely N-dealkylation sites (N-methyl/N-ethyl adjacent to an activating group) is 2. The van der Waals surface area contributed by atoms with Crippen molar-refractivity contribution in [1.82, 2.24) is 20.4 Å². The Morgan fingerprint density at radius 3 is 2.27 bits per heavy atom. The second kappa shape index (κ2) is 7.77. The SMILES string of the molecule is CC(C)C[C@@H]1NC(=O)CNC(=O)CN(C)C(=O)CN(C)C1=O. The fraction of sp³-hybridized carbons (Fsp3) is 0.714. The van der Waals surface area contributed by atoms with Crippen molar-refractivity contribution in [3.63, 3.8) is 0 Å². The van der Waals surface area contributed by atoms with Gasteiger partial charge in [0.15, 0.2) is 0 Å². The Morgan fingerprint density at radius 2 is 1.68 bits per heavy atom. The van der Waals surface area contributed by atoms with Crippen LogP contribution in [0.25, 0.3) is 0 Å². The minimum atomic E-state index is -0.702. The minimum absolute atomic E-state index is 0.132. The lowest BCUT2D eigenvalue weighted by atomic mass is 10.0. The first-order valence-electron chi connectivity index (χ1n) is 7.25. The lowest BCUT2D eigenvalue weighted by Crippen LogP contribution is -2.54. The number of hydrogen-bond acceptors (Lipinski definition) is 4. The number of carbonyl (C=O) groups is 4. The molecule has 0 spiro atoms. The van der Waals surface area contributed by atoms with E-state index in [9.17, 15) is 19.2 Å². The Morgan fingerprint density at radius 1 is 1.05 bits per heavy atom. The van der Waals surface area contributed by atoms with E-state index >= 15 is 0 Å². The lowest BCUT2D eigenvalue weighted by Gasteiger charge is -2.28. The maximum Gasteiger partial charge on any atom is 0.245 e. The molecule has 0 radical (unpaired) electrons. The van der Waals surface area contributed by atoms with Crippen LogP contribution in [0.1, 0.15) is 20.3 Å². The molecule has 1 fully saturated rings. The van der Waals surface area contributed by atoms with E-state index in [0.717, 1.165) is 0 Å². The Bertz CT molecular complexity index is 464. The minimum Gasteiger partial charge on any atom is -0.345 e. The number of hydrogen-bond donors (Lipinski definition) is 2. The fourth-order valence-electron chi connectivity index (χ4n) is 2.14. The molecule has 8 heteroatoms. The van der Waals surface area contributed by atoms with Gasteiger partial charge in [-0.3, -0.25) is 19.2 Å². The normalized spacial score (nSPS) is 22.1. The lowest BCUT2D eigenvalue weighted by molar-refractivity contribution is -0.143. The van der Waals surface area contributed by atoms with Crippen molar-refractivity contribution in [3.8, 4) is 0 Å². The van der Waals surface area contributed by atoms with E-state index in [4.69, 9.17) is 0 Å². The summed E-state index contributed by atoms with van der Waals surface area (Å²) in [7, 11) is 3.00. The highest BCUT2D eigenvalue weighted by Gasteiger charge is 2.27. The van der Waals surface area contributed by atoms with Gasteiger partial charge in [-0.05, 0) is 12.3 Å². The van der Waals surface area contributed by atoms with Crippen molar-refractivity contribution < 1.29 is 19.2 Å². The van der Waals surface area contributed by atoms with Crippen LogP contribution in [0.4, 0.5) is 0 Å². The molecular formula is C14H24N4O4. The highest BCUT2D eigenvalue weighted by molar-refractivity contribution is 5.94. The molecule has 0 saturated carbocycles. The molecule has 1 aliphatic rings. The first-order valence-corrected chi connectivity index (χ1v) is 7.25. The quantitative estimate of drug-likeness (QED) is 0.652. The molecule has 0 unspecified atom stereocenters. The van der Waals surface area contributed by atoms with E-state index in [-0.39, 0.29) is 37.4 Å². The van der Waals surface area contributed by atoms with Crippen LogP contribution in [0.2, 0.25) is 0 Å². The predicted molar refractivity (Wildman–Crippen MR) is 79.7 cm³/mol. The third-order valence-corrected chi connectivity index (χ3v) is 3.34. The van der Waals surface area contributed by atoms with E-state index < -0.39 is 17.9 Å². The van der Waals surface area contributed by atoms with E-state index in [0.29, 0.717) is 6.42 Å². The molecule has 8 nitrogen and oxygen atoms in total. The summed E-state index contributed by atoms with van der Waals surface area (Å²) in [5.74, 6) is -1.28. The van der Waals surface area contributed by atoms with Gasteiger partial charge in [0.05, 0.1) is 19.6 Å². The summed E-state index contributed by atoms with van der Waals surface area (Å²) in [5, 5.41) is 5.05. The molecule has 0 aromatic rings. The molecule has 0 aliphatic carbocycles. The third-order valence-electron chi connectivity index (χ3n) is 3.34. The molecule has 2 N–H and O–H groups in total. The van der Waals surface area contributed by atoms with Gasteiger partial charge < -0.3 is 20.4 Å². The second-order valence-electron chi connectivity index (χ2n) is 5.97. The van der Waals surface area contributed by atoms with Gasteiger partial charge in [0.2, 0.25) is 23.6 Å². The highest BCUT2D eigenvalue weighted by Crippen LogP contribution is 2.08. The maximum atomic E-state index is 12.4. The van der Waals surface area contributed by atoms with Gasteiger partial charge in [-0.2, -0.15) is 0 Å². The molecule has 1 saturated heterocycles. The zero-order valence-electron chi connectivity index (χ0n) is 13.5. The fourth-order valence-corrected chi connectivity index (χ4v) is 2.14. The molecule has 4 amide bonds. The van der Waals surface area contributed by atoms with Crippen molar-refractivity contribution in [2.24, 2.45) is 5.92 Å². The topological polar surface area (TPSA) is 98.8 Å². The third kappa shape index (κ3) is 5.34. The van der Waals surface area contributed by atoms with Crippen LogP contribution in [-0.2, 0) is 19.2 Å². The Balaban J connectivity index is 2.94. The number of nitrogens with zero attached hydrogens (tertiary/aromatic N) is 2. The number of carbonyl (C=O) groups excluding carboxylic acids is 4. The molecule has 1 heterocycles. The predicted octanol–water partition coefficient (Wildman–Crippen LogP) is -1.44. The van der Waals surface area contributed by atoms with Crippen molar-refractivity contribution in [2.75, 3.05) is 33.7 Å². The van der Waals surface area contributed by atoms with Crippen molar-refractivity contribution in [2.45, 2.75) is 26.3 Å². The molecule has 1 rings (SSSR count). The van der Waals surface area contributed by atoms with Gasteiger partial charge in [-0.1, -0.05) is 13.8 Å². The smallest absolute Gasteiger partial charge is 0.245 e. The van der Waals surface area contributed by atoms with E-state index in [1.807, 2.05) is 13.8 Å². The van der Waals surface area contributed by atoms with Crippen LogP contribution < -0.4 is 10.6 Å². The number of amides is 4. The van der Waals surface area contributed by atoms with Crippen molar-refractivity contribution in [1.29, 1.82) is 0 Å². The summed E-state index contributed by atoms with van der Waals surface area (Å²) in [6.45, 7) is 3.38. The second-order valence-corrected chi connectivity index (χ2v) is 5.97. The Hall–Kier alpha value is -2.12. The molecule has 0 aromatic heterocycles. The van der Waals surface area contributed by atoms with Gasteiger partial charge in [0.1, 0.15) is 6.04 Å². The summed E-state index contributed by atoms with van der Waals surface area (Å²) in [6, 6.07) is -0.702. The zero-order valence-corrected chi connectivity index (χ0v) is 13.5. The molecule has 0 bridgehead atoms. The van der Waals surface area contributed by atoms with Crippen LogP contribution in [0.5, 0.6) is 0 Å². The van der Waals surface area contributed by atoms with Gasteiger partial charge in [-0.15, -0.1) is 0 Å². The first-order chi connectivity index (χ1) is 10.2. The Labute approximate surface area is 130 Å². The van der Waals surface area contributed by atoms with Gasteiger partial charge >= 0.3 is 0 Å². The monoisotopic (exact) mass is 312 g/mol. The summed E-state index contributed by atoms with van der Waals surface area (Å²) in [6.07, 6.45) is 0.465. The molecular weight excluding hydrogens is 288 g/mol. The Kier molecular flexibility index (Phi) is 6.33. The molecule has 22 heavy (non-hydrogen) atoms. The van der Waals surface area contributed by atoms with Gasteiger partial charge in [0.25, 0.3) is 0 Å². The average Bonchev–Trinajstić information content (AvgIpc) is 2.41. The number of nitrogens with one attached hydrogen (secondary N) is 2. The summed E-state index contributed by atoms with van der Waals surface area (Å²) in [4.78, 5) is 50.4. The van der Waals surface area contributed by atoms with Crippen LogP contribution in [-0.4, -0.2) is 73.2 Å². The van der Waals surface area contributed by atoms with Crippen LogP contribution in [0, 0.1) is 5.92 Å². The largest absolute Gasteiger partial charge is 0.345 e. The highest BCUT2D eigenvalue weighted by atomic mass is 16.2. The molecule has 0 aromatic carbocycles. The van der Waals surface area contributed by atoms with Crippen LogP contribution in [0.15, 0.2) is 0 Å². The first kappa shape index (κ1) is 17.9. The zero-order chi connectivity index (χ0) is 16.9. The summed E-state index contributed by atoms with van der Waals surface area (Å²) < 4.78 is 0. The number of rotatable bonds is 2. The summed E-state index contributed by atoms with van der Waals surface area (Å²) >= 11 is 0. The van der Waals surface area contributed by atoms with Crippen molar-refractivity contribution >= 4 is 23.6 Å². The maximum absolute atomic E-state index is 12.4. The molecule has 124 valence electrons. The van der Waals surface area contributed by atoms with E-state index in [2.05, 4.69) is 10.6 Å².